The summed E-state index contributed by atoms with van der Waals surface area (Å²) in [5.41, 5.74) is -1.38. The van der Waals surface area contributed by atoms with Gasteiger partial charge in [0.2, 0.25) is 17.5 Å². The van der Waals surface area contributed by atoms with Gasteiger partial charge in [-0.2, -0.15) is 0 Å². The molecule has 11 N–H and O–H groups in total. The van der Waals surface area contributed by atoms with E-state index < -0.39 is 138 Å². The molecule has 3 aliphatic heterocycles. The van der Waals surface area contributed by atoms with Crippen LogP contribution in [-0.2, 0) is 23.7 Å². The van der Waals surface area contributed by atoms with Crippen molar-refractivity contribution in [2.24, 2.45) is 0 Å². The van der Waals surface area contributed by atoms with Crippen LogP contribution in [0.4, 0.5) is 0 Å². The average Bonchev–Trinajstić information content (AvgIpc) is 3.08. The van der Waals surface area contributed by atoms with Gasteiger partial charge in [-0.25, -0.2) is 0 Å². The molecule has 3 saturated heterocycles. The minimum absolute atomic E-state index is 0.0437. The van der Waals surface area contributed by atoms with Gasteiger partial charge in [0.25, 0.3) is 0 Å². The number of aliphatic hydroxyl groups excluding tert-OH is 7. The summed E-state index contributed by atoms with van der Waals surface area (Å²) in [5, 5.41) is 114. The van der Waals surface area contributed by atoms with Crippen molar-refractivity contribution >= 4 is 11.0 Å². The number of fused-ring (bicyclic) bond motifs is 1. The number of hydrogen-bond acceptors (Lipinski definition) is 19. The first-order valence-corrected chi connectivity index (χ1v) is 15.8. The molecule has 0 saturated carbocycles. The molecule has 14 unspecified atom stereocenters. The Morgan fingerprint density at radius 1 is 0.667 bits per heavy atom. The summed E-state index contributed by atoms with van der Waals surface area (Å²) in [5.74, 6) is -3.39. The van der Waals surface area contributed by atoms with E-state index in [1.807, 2.05) is 0 Å². The van der Waals surface area contributed by atoms with Gasteiger partial charge in [0, 0.05) is 17.7 Å². The highest BCUT2D eigenvalue weighted by Crippen LogP contribution is 2.40. The quantitative estimate of drug-likeness (QED) is 0.115. The molecule has 3 aromatic rings. The summed E-state index contributed by atoms with van der Waals surface area (Å²) in [4.78, 5) is 13.9. The Hall–Kier alpha value is -3.83. The van der Waals surface area contributed by atoms with Gasteiger partial charge in [-0.3, -0.25) is 4.79 Å². The standard InChI is InChI=1S/C32H38O19/c1-9-19(38)23(42)25(44)30(46-9)50-28-21(40)16(37)8-45-31(28)51-29-24(43)20(39)10(2)47-32(29)49-27-22(41)18-15(36)6-12(33)7-17(18)48-26(27)11-3-4-13(34)14(35)5-11/h3-7,9-10,16,19-21,23-25,28-40,42-44H,8H2,1-2H3. The molecule has 19 heteroatoms. The third-order valence-electron chi connectivity index (χ3n) is 8.99. The van der Waals surface area contributed by atoms with Gasteiger partial charge in [-0.05, 0) is 32.0 Å². The summed E-state index contributed by atoms with van der Waals surface area (Å²) >= 11 is 0. The number of ether oxygens (including phenoxy) is 6. The second kappa shape index (κ2) is 14.3. The van der Waals surface area contributed by atoms with Gasteiger partial charge < -0.3 is 89.0 Å². The number of hydrogen-bond donors (Lipinski definition) is 11. The Bertz CT molecular complexity index is 1780. The van der Waals surface area contributed by atoms with Crippen LogP contribution in [0.15, 0.2) is 39.5 Å². The monoisotopic (exact) mass is 726 g/mol. The smallest absolute Gasteiger partial charge is 0.239 e. The zero-order chi connectivity index (χ0) is 37.0. The maximum Gasteiger partial charge on any atom is 0.239 e. The van der Waals surface area contributed by atoms with E-state index in [0.717, 1.165) is 24.3 Å². The highest BCUT2D eigenvalue weighted by molar-refractivity contribution is 5.88. The fourth-order valence-electron chi connectivity index (χ4n) is 6.05. The lowest BCUT2D eigenvalue weighted by Crippen LogP contribution is -2.65. The van der Waals surface area contributed by atoms with Crippen LogP contribution in [0.2, 0.25) is 0 Å². The predicted octanol–water partition coefficient (Wildman–Crippen LogP) is -2.20. The molecule has 14 atom stereocenters. The molecule has 0 aliphatic carbocycles. The van der Waals surface area contributed by atoms with E-state index in [1.54, 1.807) is 0 Å². The maximum atomic E-state index is 13.9. The summed E-state index contributed by atoms with van der Waals surface area (Å²) in [7, 11) is 0. The molecule has 1 aromatic heterocycles. The van der Waals surface area contributed by atoms with Crippen LogP contribution in [0.1, 0.15) is 13.8 Å². The molecule has 0 radical (unpaired) electrons. The Morgan fingerprint density at radius 3 is 1.98 bits per heavy atom. The molecule has 0 spiro atoms. The van der Waals surface area contributed by atoms with Crippen LogP contribution in [0, 0.1) is 0 Å². The highest BCUT2D eigenvalue weighted by Gasteiger charge is 2.52. The normalized spacial score (nSPS) is 37.4. The zero-order valence-corrected chi connectivity index (χ0v) is 26.9. The van der Waals surface area contributed by atoms with Crippen molar-refractivity contribution in [2.75, 3.05) is 6.61 Å². The lowest BCUT2D eigenvalue weighted by atomic mass is 9.98. The maximum absolute atomic E-state index is 13.9. The van der Waals surface area contributed by atoms with Crippen molar-refractivity contribution in [3.05, 3.63) is 40.6 Å². The summed E-state index contributed by atoms with van der Waals surface area (Å²) in [6.07, 6.45) is -22.9. The lowest BCUT2D eigenvalue weighted by Gasteiger charge is -2.46. The third-order valence-corrected chi connectivity index (χ3v) is 8.99. The van der Waals surface area contributed by atoms with Crippen LogP contribution >= 0.6 is 0 Å². The fraction of sp³-hybridized carbons (Fsp3) is 0.531. The minimum atomic E-state index is -1.86. The van der Waals surface area contributed by atoms with Crippen molar-refractivity contribution in [2.45, 2.75) is 99.9 Å². The van der Waals surface area contributed by atoms with Crippen LogP contribution in [0.3, 0.4) is 0 Å². The molecule has 51 heavy (non-hydrogen) atoms. The Balaban J connectivity index is 1.38. The first kappa shape index (κ1) is 36.9. The van der Waals surface area contributed by atoms with Crippen LogP contribution in [-0.4, -0.2) is 149 Å². The van der Waals surface area contributed by atoms with Gasteiger partial charge in [0.15, 0.2) is 35.9 Å². The number of aromatic hydroxyl groups is 4. The van der Waals surface area contributed by atoms with Crippen molar-refractivity contribution < 1.29 is 89.0 Å². The SMILES string of the molecule is CC1OC(OC2C(OC3C(Oc4c(-c5ccc(O)c(O)c5)oc5cc(O)cc(O)c5c4=O)OC(C)C(O)C3O)OCC(O)C2O)C(O)C(O)C1O. The fourth-order valence-corrected chi connectivity index (χ4v) is 6.05. The van der Waals surface area contributed by atoms with Gasteiger partial charge in [-0.15, -0.1) is 0 Å². The van der Waals surface area contributed by atoms with Crippen molar-refractivity contribution in [1.29, 1.82) is 0 Å². The highest BCUT2D eigenvalue weighted by atomic mass is 16.8. The molecule has 2 aromatic carbocycles. The molecule has 3 fully saturated rings. The number of phenols is 4. The second-order valence-corrected chi connectivity index (χ2v) is 12.6. The molecule has 3 aliphatic rings. The van der Waals surface area contributed by atoms with E-state index in [9.17, 15) is 61.0 Å². The molecule has 0 bridgehead atoms. The topological polar surface area (TPSA) is 308 Å². The first-order valence-electron chi connectivity index (χ1n) is 15.8. The molecular weight excluding hydrogens is 688 g/mol. The van der Waals surface area contributed by atoms with Crippen LogP contribution in [0.5, 0.6) is 28.7 Å². The number of rotatable bonds is 7. The number of benzene rings is 2. The first-order chi connectivity index (χ1) is 24.1. The van der Waals surface area contributed by atoms with E-state index in [0.29, 0.717) is 0 Å². The number of aliphatic hydroxyl groups is 7. The van der Waals surface area contributed by atoms with Crippen molar-refractivity contribution in [3.8, 4) is 40.1 Å². The van der Waals surface area contributed by atoms with Gasteiger partial charge in [-0.1, -0.05) is 0 Å². The average molecular weight is 727 g/mol. The summed E-state index contributed by atoms with van der Waals surface area (Å²) < 4.78 is 40.3. The van der Waals surface area contributed by atoms with E-state index in [4.69, 9.17) is 32.8 Å². The summed E-state index contributed by atoms with van der Waals surface area (Å²) in [6.45, 7) is 2.20. The zero-order valence-electron chi connectivity index (χ0n) is 26.9. The van der Waals surface area contributed by atoms with Crippen molar-refractivity contribution in [1.82, 2.24) is 0 Å². The van der Waals surface area contributed by atoms with Gasteiger partial charge >= 0.3 is 0 Å². The Kier molecular flexibility index (Phi) is 10.4. The molecule has 6 rings (SSSR count). The van der Waals surface area contributed by atoms with Crippen LogP contribution in [0.25, 0.3) is 22.3 Å². The van der Waals surface area contributed by atoms with Crippen LogP contribution < -0.4 is 10.2 Å². The second-order valence-electron chi connectivity index (χ2n) is 12.6. The molecule has 280 valence electrons. The Labute approximate surface area is 287 Å². The largest absolute Gasteiger partial charge is 0.508 e. The van der Waals surface area contributed by atoms with Gasteiger partial charge in [0.05, 0.1) is 18.8 Å². The molecule has 0 amide bonds. The van der Waals surface area contributed by atoms with E-state index in [-0.39, 0.29) is 11.1 Å². The van der Waals surface area contributed by atoms with E-state index >= 15 is 0 Å². The minimum Gasteiger partial charge on any atom is -0.508 e. The van der Waals surface area contributed by atoms with E-state index in [2.05, 4.69) is 0 Å². The predicted molar refractivity (Wildman–Crippen MR) is 165 cm³/mol. The Morgan fingerprint density at radius 2 is 1.29 bits per heavy atom. The molecule has 4 heterocycles. The van der Waals surface area contributed by atoms with Crippen molar-refractivity contribution in [3.63, 3.8) is 0 Å². The third kappa shape index (κ3) is 6.91. The van der Waals surface area contributed by atoms with Gasteiger partial charge in [0.1, 0.15) is 71.3 Å². The lowest BCUT2D eigenvalue weighted by molar-refractivity contribution is -0.376. The number of phenolic OH excluding ortho intramolecular Hbond substituents is 4. The molecule has 19 nitrogen and oxygen atoms in total. The van der Waals surface area contributed by atoms with E-state index in [1.165, 1.54) is 19.9 Å². The summed E-state index contributed by atoms with van der Waals surface area (Å²) in [6, 6.07) is 5.25. The molecular formula is C32H38O19.